The molecule has 0 spiro atoms. The molecule has 0 saturated carbocycles. The number of hydrogen-bond acceptors (Lipinski definition) is 13. The van der Waals surface area contributed by atoms with Gasteiger partial charge in [-0.3, -0.25) is 4.79 Å². The van der Waals surface area contributed by atoms with Gasteiger partial charge in [0.1, 0.15) is 37.0 Å². The van der Waals surface area contributed by atoms with Crippen LogP contribution < -0.4 is 19.1 Å². The lowest BCUT2D eigenvalue weighted by atomic mass is 9.98. The number of anilines is 1. The number of nitrogens with zero attached hydrogens (tertiary/aromatic N) is 1. The van der Waals surface area contributed by atoms with Gasteiger partial charge in [-0.2, -0.15) is 0 Å². The molecule has 0 bridgehead atoms. The summed E-state index contributed by atoms with van der Waals surface area (Å²) in [6.07, 6.45) is 0. The molecule has 1 amide bonds. The Bertz CT molecular complexity index is 1850. The van der Waals surface area contributed by atoms with Crippen molar-refractivity contribution < 1.29 is 62.1 Å². The van der Waals surface area contributed by atoms with Gasteiger partial charge in [0.05, 0.1) is 83.3 Å². The molecule has 1 aliphatic heterocycles. The number of carbonyl (C=O) groups excluding carboxylic acids is 2. The zero-order valence-corrected chi connectivity index (χ0v) is 31.7. The third-order valence-electron chi connectivity index (χ3n) is 8.60. The summed E-state index contributed by atoms with van der Waals surface area (Å²) in [5, 5.41) is 12.2. The number of hydrogen-bond donors (Lipinski definition) is 3. The number of phenolic OH excluding ortho intramolecular Hbond substituents is 1. The molecule has 0 saturated heterocycles. The number of carbonyl (C=O) groups is 2. The Kier molecular flexibility index (Phi) is 15.5. The van der Waals surface area contributed by atoms with Crippen molar-refractivity contribution in [2.75, 3.05) is 125 Å². The maximum atomic E-state index is 14.4. The number of rotatable bonds is 24. The van der Waals surface area contributed by atoms with Crippen LogP contribution in [0.15, 0.2) is 24.3 Å². The normalized spacial score (nSPS) is 13.9. The summed E-state index contributed by atoms with van der Waals surface area (Å²) in [4.78, 5) is 34.5. The van der Waals surface area contributed by atoms with Gasteiger partial charge in [0.25, 0.3) is 5.91 Å². The Hall–Kier alpha value is -4.29. The lowest BCUT2D eigenvalue weighted by molar-refractivity contribution is 0.0470. The molecule has 1 aliphatic rings. The summed E-state index contributed by atoms with van der Waals surface area (Å²) >= 11 is 6.45. The molecule has 54 heavy (non-hydrogen) atoms. The first-order valence-corrected chi connectivity index (χ1v) is 18.0. The van der Waals surface area contributed by atoms with E-state index in [1.54, 1.807) is 44.4 Å². The van der Waals surface area contributed by atoms with Crippen molar-refractivity contribution in [3.8, 4) is 23.0 Å². The molecule has 296 valence electrons. The molecule has 3 N–H and O–H groups in total. The van der Waals surface area contributed by atoms with Crippen molar-refractivity contribution in [3.05, 3.63) is 41.2 Å². The van der Waals surface area contributed by atoms with E-state index in [1.165, 1.54) is 13.2 Å². The number of phenols is 1. The van der Waals surface area contributed by atoms with Crippen LogP contribution in [0, 0.1) is 0 Å². The molecule has 2 aromatic carbocycles. The van der Waals surface area contributed by atoms with Gasteiger partial charge in [-0.1, -0.05) is 0 Å². The highest BCUT2D eigenvalue weighted by atomic mass is 35.5. The molecule has 17 heteroatoms. The van der Waals surface area contributed by atoms with Crippen LogP contribution in [-0.2, 0) is 33.2 Å². The van der Waals surface area contributed by atoms with Crippen molar-refractivity contribution >= 4 is 51.0 Å². The number of nitrogens with one attached hydrogen (secondary N) is 2. The SMILES string of the molecule is COCCOCCOc1cc2cc(C(=O)N3C[C@@H](CCl)c4c3cc(O)c3[nH]c(C(=O)OC)cc43)[nH]c2c(OCCOCCOC)c1OCCOCCOC. The Labute approximate surface area is 317 Å². The second-order valence-electron chi connectivity index (χ2n) is 12.1. The number of aromatic hydroxyl groups is 1. The fraction of sp³-hybridized carbons (Fsp3) is 0.514. The molecule has 0 unspecified atom stereocenters. The molecule has 1 atom stereocenters. The maximum Gasteiger partial charge on any atom is 0.354 e. The van der Waals surface area contributed by atoms with Crippen molar-refractivity contribution in [3.63, 3.8) is 0 Å². The molecule has 4 aromatic rings. The van der Waals surface area contributed by atoms with E-state index in [4.69, 9.17) is 59.0 Å². The average Bonchev–Trinajstić information content (AvgIpc) is 3.91. The van der Waals surface area contributed by atoms with Gasteiger partial charge in [-0.25, -0.2) is 4.79 Å². The Morgan fingerprint density at radius 3 is 1.89 bits per heavy atom. The zero-order valence-electron chi connectivity index (χ0n) is 31.0. The number of esters is 1. The molecule has 16 nitrogen and oxygen atoms in total. The van der Waals surface area contributed by atoms with Gasteiger partial charge in [0.15, 0.2) is 11.5 Å². The summed E-state index contributed by atoms with van der Waals surface area (Å²) in [6, 6.07) is 6.58. The molecule has 0 aliphatic carbocycles. The number of aromatic amines is 2. The smallest absolute Gasteiger partial charge is 0.354 e. The zero-order chi connectivity index (χ0) is 38.5. The molecule has 0 radical (unpaired) electrons. The number of amides is 1. The predicted molar refractivity (Wildman–Crippen MR) is 199 cm³/mol. The first-order chi connectivity index (χ1) is 26.4. The van der Waals surface area contributed by atoms with E-state index in [0.717, 1.165) is 5.56 Å². The van der Waals surface area contributed by atoms with Crippen LogP contribution in [0.1, 0.15) is 32.5 Å². The molecule has 5 rings (SSSR count). The number of H-pyrrole nitrogens is 2. The average molecular weight is 778 g/mol. The summed E-state index contributed by atoms with van der Waals surface area (Å²) in [7, 11) is 6.07. The number of methoxy groups -OCH3 is 4. The minimum Gasteiger partial charge on any atom is -0.506 e. The van der Waals surface area contributed by atoms with Gasteiger partial charge < -0.3 is 67.3 Å². The first-order valence-electron chi connectivity index (χ1n) is 17.5. The van der Waals surface area contributed by atoms with E-state index in [-0.39, 0.29) is 74.4 Å². The van der Waals surface area contributed by atoms with Crippen molar-refractivity contribution in [1.29, 1.82) is 0 Å². The number of alkyl halides is 1. The van der Waals surface area contributed by atoms with Crippen LogP contribution in [-0.4, -0.2) is 147 Å². The largest absolute Gasteiger partial charge is 0.506 e. The third-order valence-corrected chi connectivity index (χ3v) is 8.98. The predicted octanol–water partition coefficient (Wildman–Crippen LogP) is 4.25. The van der Waals surface area contributed by atoms with Crippen molar-refractivity contribution in [2.45, 2.75) is 5.92 Å². The minimum absolute atomic E-state index is 0.132. The second-order valence-corrected chi connectivity index (χ2v) is 12.4. The van der Waals surface area contributed by atoms with Crippen LogP contribution >= 0.6 is 11.6 Å². The Balaban J connectivity index is 1.50. The lowest BCUT2D eigenvalue weighted by Crippen LogP contribution is -2.30. The van der Waals surface area contributed by atoms with Crippen LogP contribution in [0.4, 0.5) is 5.69 Å². The van der Waals surface area contributed by atoms with Crippen LogP contribution in [0.2, 0.25) is 0 Å². The standard InChI is InChI=1S/C37H48ClN3O13/c1-45-5-8-49-11-14-52-30-18-23-17-26(39-32(23)35(54-16-13-51-10-7-47-3)34(30)53-15-12-50-9-6-46-2)36(43)41-22-24(21-38)31-25-19-27(37(44)48-4)40-33(25)29(42)20-28(31)41/h17-20,24,39-40,42H,5-16,21-22H2,1-4H3/t24-/m1/s1. The number of halogens is 1. The Morgan fingerprint density at radius 1 is 0.722 bits per heavy atom. The first kappa shape index (κ1) is 40.9. The van der Waals surface area contributed by atoms with Gasteiger partial charge in [-0.05, 0) is 23.8 Å². The molecular weight excluding hydrogens is 730 g/mol. The van der Waals surface area contributed by atoms with Crippen LogP contribution in [0.5, 0.6) is 23.0 Å². The van der Waals surface area contributed by atoms with E-state index in [1.807, 2.05) is 0 Å². The summed E-state index contributed by atoms with van der Waals surface area (Å²) < 4.78 is 55.7. The number of fused-ring (bicyclic) bond motifs is 4. The number of ether oxygens (including phenoxy) is 10. The highest BCUT2D eigenvalue weighted by molar-refractivity contribution is 6.19. The lowest BCUT2D eigenvalue weighted by Gasteiger charge is -2.18. The van der Waals surface area contributed by atoms with Crippen molar-refractivity contribution in [2.24, 2.45) is 0 Å². The molecular formula is C37H48ClN3O13. The topological polar surface area (TPSA) is 181 Å². The molecule has 3 heterocycles. The van der Waals surface area contributed by atoms with E-state index >= 15 is 0 Å². The number of aromatic nitrogens is 2. The maximum absolute atomic E-state index is 14.4. The monoisotopic (exact) mass is 777 g/mol. The van der Waals surface area contributed by atoms with Gasteiger partial charge >= 0.3 is 5.97 Å². The van der Waals surface area contributed by atoms with Crippen LogP contribution in [0.25, 0.3) is 21.8 Å². The summed E-state index contributed by atoms with van der Waals surface area (Å²) in [5.41, 5.74) is 2.47. The highest BCUT2D eigenvalue weighted by Crippen LogP contribution is 2.47. The van der Waals surface area contributed by atoms with Gasteiger partial charge in [-0.15, -0.1) is 11.6 Å². The number of benzene rings is 2. The van der Waals surface area contributed by atoms with E-state index < -0.39 is 5.97 Å². The quantitative estimate of drug-likeness (QED) is 0.0523. The fourth-order valence-corrected chi connectivity index (χ4v) is 6.33. The van der Waals surface area contributed by atoms with E-state index in [2.05, 4.69) is 9.97 Å². The molecule has 2 aromatic heterocycles. The van der Waals surface area contributed by atoms with Gasteiger partial charge in [0, 0.05) is 56.5 Å². The summed E-state index contributed by atoms with van der Waals surface area (Å²) in [5.74, 6) is -0.190. The van der Waals surface area contributed by atoms with Gasteiger partial charge in [0.2, 0.25) is 5.75 Å². The third kappa shape index (κ3) is 9.68. The minimum atomic E-state index is -0.589. The second kappa shape index (κ2) is 20.4. The van der Waals surface area contributed by atoms with E-state index in [0.29, 0.717) is 91.0 Å². The highest BCUT2D eigenvalue weighted by Gasteiger charge is 2.36. The molecule has 0 fully saturated rings. The van der Waals surface area contributed by atoms with E-state index in [9.17, 15) is 14.7 Å². The van der Waals surface area contributed by atoms with Crippen molar-refractivity contribution in [1.82, 2.24) is 9.97 Å². The summed E-state index contributed by atoms with van der Waals surface area (Å²) in [6.45, 7) is 4.10. The van der Waals surface area contributed by atoms with Crippen LogP contribution in [0.3, 0.4) is 0 Å². The fourth-order valence-electron chi connectivity index (χ4n) is 6.08. The Morgan fingerprint density at radius 2 is 1.30 bits per heavy atom.